The summed E-state index contributed by atoms with van der Waals surface area (Å²) in [5.41, 5.74) is 1.24. The fraction of sp³-hybridized carbons (Fsp3) is 0.455. The average molecular weight is 290 g/mol. The normalized spacial score (nSPS) is 15.3. The van der Waals surface area contributed by atoms with E-state index in [1.54, 1.807) is 0 Å². The molecule has 0 fully saturated rings. The van der Waals surface area contributed by atoms with Crippen LogP contribution in [0.1, 0.15) is 19.4 Å². The summed E-state index contributed by atoms with van der Waals surface area (Å²) >= 11 is 2.39. The number of halogens is 1. The van der Waals surface area contributed by atoms with Gasteiger partial charge in [0, 0.05) is 3.92 Å². The number of benzene rings is 1. The van der Waals surface area contributed by atoms with Gasteiger partial charge < -0.3 is 4.74 Å². The van der Waals surface area contributed by atoms with Crippen LogP contribution in [0.4, 0.5) is 0 Å². The molecule has 0 amide bonds. The van der Waals surface area contributed by atoms with E-state index >= 15 is 0 Å². The van der Waals surface area contributed by atoms with Crippen molar-refractivity contribution in [1.82, 2.24) is 0 Å². The molecule has 0 radical (unpaired) electrons. The first kappa shape index (κ1) is 11.0. The van der Waals surface area contributed by atoms with Crippen LogP contribution in [-0.2, 0) is 11.3 Å². The predicted octanol–water partition coefficient (Wildman–Crippen LogP) is 3.42. The Morgan fingerprint density at radius 2 is 1.85 bits per heavy atom. The summed E-state index contributed by atoms with van der Waals surface area (Å²) in [6.07, 6.45) is 0.320. The standard InChI is InChI=1S/C11H15IO/c1-9(12)10(2)13-8-11-6-4-3-5-7-11/h3-7,9-10H,8H2,1-2H3/t9-,10?/m0/s1. The van der Waals surface area contributed by atoms with E-state index in [-0.39, 0.29) is 0 Å². The highest BCUT2D eigenvalue weighted by Gasteiger charge is 2.07. The third-order valence-corrected chi connectivity index (χ3v) is 3.02. The van der Waals surface area contributed by atoms with Crippen molar-refractivity contribution in [3.8, 4) is 0 Å². The van der Waals surface area contributed by atoms with Crippen LogP contribution in [-0.4, -0.2) is 10.0 Å². The summed E-state index contributed by atoms with van der Waals surface area (Å²) in [5.74, 6) is 0. The molecule has 0 N–H and O–H groups in total. The van der Waals surface area contributed by atoms with Crippen molar-refractivity contribution < 1.29 is 4.74 Å². The SMILES string of the molecule is CC(OCc1ccccc1)[C@H](C)I. The van der Waals surface area contributed by atoms with Gasteiger partial charge in [-0.25, -0.2) is 0 Å². The monoisotopic (exact) mass is 290 g/mol. The molecule has 0 aliphatic carbocycles. The Morgan fingerprint density at radius 1 is 1.23 bits per heavy atom. The quantitative estimate of drug-likeness (QED) is 0.610. The maximum absolute atomic E-state index is 5.68. The van der Waals surface area contributed by atoms with Crippen molar-refractivity contribution in [1.29, 1.82) is 0 Å². The predicted molar refractivity (Wildman–Crippen MR) is 64.2 cm³/mol. The molecule has 1 nitrogen and oxygen atoms in total. The molecule has 0 bridgehead atoms. The highest BCUT2D eigenvalue weighted by molar-refractivity contribution is 14.1. The van der Waals surface area contributed by atoms with Gasteiger partial charge in [-0.2, -0.15) is 0 Å². The second-order valence-electron chi connectivity index (χ2n) is 3.18. The van der Waals surface area contributed by atoms with Gasteiger partial charge in [-0.05, 0) is 12.5 Å². The van der Waals surface area contributed by atoms with Crippen molar-refractivity contribution in [2.75, 3.05) is 0 Å². The minimum absolute atomic E-state index is 0.320. The summed E-state index contributed by atoms with van der Waals surface area (Å²) in [6, 6.07) is 10.3. The zero-order valence-corrected chi connectivity index (χ0v) is 10.2. The Labute approximate surface area is 93.6 Å². The number of rotatable bonds is 4. The minimum atomic E-state index is 0.320. The highest BCUT2D eigenvalue weighted by Crippen LogP contribution is 2.11. The molecule has 0 saturated heterocycles. The zero-order chi connectivity index (χ0) is 9.68. The number of ether oxygens (including phenoxy) is 1. The molecule has 1 rings (SSSR count). The molecule has 0 saturated carbocycles. The van der Waals surface area contributed by atoms with Crippen LogP contribution in [0, 0.1) is 0 Å². The smallest absolute Gasteiger partial charge is 0.0721 e. The van der Waals surface area contributed by atoms with Crippen LogP contribution in [0.5, 0.6) is 0 Å². The van der Waals surface area contributed by atoms with Gasteiger partial charge in [0.1, 0.15) is 0 Å². The van der Waals surface area contributed by atoms with Crippen LogP contribution < -0.4 is 0 Å². The summed E-state index contributed by atoms with van der Waals surface area (Å²) in [5, 5.41) is 0. The number of hydrogen-bond donors (Lipinski definition) is 0. The molecule has 1 aromatic carbocycles. The van der Waals surface area contributed by atoms with Crippen molar-refractivity contribution in [3.63, 3.8) is 0 Å². The van der Waals surface area contributed by atoms with Crippen molar-refractivity contribution >= 4 is 22.6 Å². The molecule has 0 aliphatic rings. The minimum Gasteiger partial charge on any atom is -0.373 e. The van der Waals surface area contributed by atoms with Crippen LogP contribution in [0.3, 0.4) is 0 Å². The van der Waals surface area contributed by atoms with E-state index < -0.39 is 0 Å². The Bertz CT molecular complexity index is 233. The number of hydrogen-bond acceptors (Lipinski definition) is 1. The van der Waals surface area contributed by atoms with Gasteiger partial charge in [-0.1, -0.05) is 59.8 Å². The second-order valence-corrected chi connectivity index (χ2v) is 5.14. The average Bonchev–Trinajstić information content (AvgIpc) is 2.15. The largest absolute Gasteiger partial charge is 0.373 e. The van der Waals surface area contributed by atoms with E-state index in [1.807, 2.05) is 18.2 Å². The Hall–Kier alpha value is -0.0900. The van der Waals surface area contributed by atoms with Crippen LogP contribution in [0.15, 0.2) is 30.3 Å². The lowest BCUT2D eigenvalue weighted by atomic mass is 10.2. The van der Waals surface area contributed by atoms with Gasteiger partial charge in [0.2, 0.25) is 0 Å². The first-order valence-corrected chi connectivity index (χ1v) is 5.74. The molecule has 0 aromatic heterocycles. The van der Waals surface area contributed by atoms with Gasteiger partial charge in [0.05, 0.1) is 12.7 Å². The summed E-state index contributed by atoms with van der Waals surface area (Å²) < 4.78 is 6.24. The zero-order valence-electron chi connectivity index (χ0n) is 8.03. The van der Waals surface area contributed by atoms with Crippen LogP contribution in [0.25, 0.3) is 0 Å². The van der Waals surface area contributed by atoms with E-state index in [2.05, 4.69) is 48.6 Å². The van der Waals surface area contributed by atoms with Crippen molar-refractivity contribution in [2.24, 2.45) is 0 Å². The molecule has 0 heterocycles. The Morgan fingerprint density at radius 3 is 2.38 bits per heavy atom. The molecule has 2 heteroatoms. The maximum atomic E-state index is 5.68. The maximum Gasteiger partial charge on any atom is 0.0721 e. The summed E-state index contributed by atoms with van der Waals surface area (Å²) in [6.45, 7) is 4.99. The van der Waals surface area contributed by atoms with E-state index in [0.717, 1.165) is 6.61 Å². The molecular formula is C11H15IO. The van der Waals surface area contributed by atoms with Crippen LogP contribution >= 0.6 is 22.6 Å². The molecule has 2 atom stereocenters. The second kappa shape index (κ2) is 5.60. The van der Waals surface area contributed by atoms with Gasteiger partial charge in [-0.15, -0.1) is 0 Å². The first-order chi connectivity index (χ1) is 6.20. The first-order valence-electron chi connectivity index (χ1n) is 4.49. The topological polar surface area (TPSA) is 9.23 Å². The van der Waals surface area contributed by atoms with E-state index in [0.29, 0.717) is 10.0 Å². The van der Waals surface area contributed by atoms with Crippen LogP contribution in [0.2, 0.25) is 0 Å². The lowest BCUT2D eigenvalue weighted by molar-refractivity contribution is 0.0572. The third kappa shape index (κ3) is 4.09. The lowest BCUT2D eigenvalue weighted by Gasteiger charge is -2.15. The summed E-state index contributed by atoms with van der Waals surface area (Å²) in [4.78, 5) is 0. The molecule has 1 aromatic rings. The van der Waals surface area contributed by atoms with E-state index in [1.165, 1.54) is 5.56 Å². The van der Waals surface area contributed by atoms with E-state index in [9.17, 15) is 0 Å². The molecule has 13 heavy (non-hydrogen) atoms. The number of alkyl halides is 1. The highest BCUT2D eigenvalue weighted by atomic mass is 127. The molecule has 0 aliphatic heterocycles. The Kier molecular flexibility index (Phi) is 4.73. The van der Waals surface area contributed by atoms with Crippen molar-refractivity contribution in [3.05, 3.63) is 35.9 Å². The fourth-order valence-electron chi connectivity index (χ4n) is 0.935. The van der Waals surface area contributed by atoms with Gasteiger partial charge in [0.25, 0.3) is 0 Å². The van der Waals surface area contributed by atoms with Gasteiger partial charge in [0.15, 0.2) is 0 Å². The molecular weight excluding hydrogens is 275 g/mol. The van der Waals surface area contributed by atoms with Gasteiger partial charge in [-0.3, -0.25) is 0 Å². The molecule has 72 valence electrons. The molecule has 1 unspecified atom stereocenters. The van der Waals surface area contributed by atoms with E-state index in [4.69, 9.17) is 4.74 Å². The summed E-state index contributed by atoms with van der Waals surface area (Å²) in [7, 11) is 0. The Balaban J connectivity index is 2.35. The molecule has 0 spiro atoms. The van der Waals surface area contributed by atoms with Gasteiger partial charge >= 0.3 is 0 Å². The van der Waals surface area contributed by atoms with Crippen molar-refractivity contribution in [2.45, 2.75) is 30.5 Å². The third-order valence-electron chi connectivity index (χ3n) is 2.00. The fourth-order valence-corrected chi connectivity index (χ4v) is 1.14. The lowest BCUT2D eigenvalue weighted by Crippen LogP contribution is -2.17.